The zero-order chi connectivity index (χ0) is 15.2. The third-order valence-corrected chi connectivity index (χ3v) is 3.32. The maximum Gasteiger partial charge on any atom is 0.226 e. The van der Waals surface area contributed by atoms with Crippen molar-refractivity contribution >= 4 is 47.2 Å². The van der Waals surface area contributed by atoms with E-state index in [-0.39, 0.29) is 30.3 Å². The number of rotatable bonds is 4. The summed E-state index contributed by atoms with van der Waals surface area (Å²) in [5.41, 5.74) is 1.06. The molecule has 1 aromatic rings. The van der Waals surface area contributed by atoms with Gasteiger partial charge in [0.15, 0.2) is 0 Å². The molecule has 1 fully saturated rings. The minimum absolute atomic E-state index is 0. The Balaban J connectivity index is 0.00000242. The average Bonchev–Trinajstić information content (AvgIpc) is 2.43. The number of nitrogens with one attached hydrogen (secondary N) is 3. The van der Waals surface area contributed by atoms with Crippen LogP contribution >= 0.6 is 24.0 Å². The predicted molar refractivity (Wildman–Crippen MR) is 88.9 cm³/mol. The molecule has 0 saturated carbocycles. The maximum absolute atomic E-state index is 12.0. The summed E-state index contributed by atoms with van der Waals surface area (Å²) in [6.07, 6.45) is 0.306. The number of anilines is 2. The molecule has 1 saturated heterocycles. The molecule has 1 aliphatic rings. The van der Waals surface area contributed by atoms with Crippen LogP contribution in [0.2, 0.25) is 5.02 Å². The number of benzene rings is 1. The molecular weight excluding hydrogens is 329 g/mol. The van der Waals surface area contributed by atoms with Crippen molar-refractivity contribution in [3.63, 3.8) is 0 Å². The molecular formula is C14H19Cl2N3O3. The number of carbonyl (C=O) groups excluding carboxylic acids is 2. The maximum atomic E-state index is 12.0. The molecule has 122 valence electrons. The van der Waals surface area contributed by atoms with Gasteiger partial charge >= 0.3 is 0 Å². The van der Waals surface area contributed by atoms with Gasteiger partial charge in [-0.05, 0) is 18.2 Å². The largest absolute Gasteiger partial charge is 0.378 e. The molecule has 1 atom stereocenters. The highest BCUT2D eigenvalue weighted by molar-refractivity contribution is 6.33. The van der Waals surface area contributed by atoms with Gasteiger partial charge in [-0.1, -0.05) is 11.6 Å². The Morgan fingerprint density at radius 3 is 2.82 bits per heavy atom. The number of hydrogen-bond donors (Lipinski definition) is 3. The van der Waals surface area contributed by atoms with Crippen LogP contribution in [0.5, 0.6) is 0 Å². The lowest BCUT2D eigenvalue weighted by Crippen LogP contribution is -2.43. The zero-order valence-electron chi connectivity index (χ0n) is 12.1. The topological polar surface area (TPSA) is 79.5 Å². The Hall–Kier alpha value is -1.34. The Labute approximate surface area is 140 Å². The smallest absolute Gasteiger partial charge is 0.226 e. The molecule has 22 heavy (non-hydrogen) atoms. The van der Waals surface area contributed by atoms with Crippen molar-refractivity contribution in [2.75, 3.05) is 30.4 Å². The molecule has 2 amide bonds. The summed E-state index contributed by atoms with van der Waals surface area (Å²) in [5, 5.41) is 9.03. The number of hydrogen-bond acceptors (Lipinski definition) is 4. The SMILES string of the molecule is CC(=O)Nc1ccc(Cl)c(NC(=O)CC2COCCN2)c1.Cl. The van der Waals surface area contributed by atoms with E-state index in [1.807, 2.05) is 0 Å². The minimum Gasteiger partial charge on any atom is -0.378 e. The predicted octanol–water partition coefficient (Wildman–Crippen LogP) is 2.04. The molecule has 6 nitrogen and oxygen atoms in total. The van der Waals surface area contributed by atoms with Gasteiger partial charge in [0, 0.05) is 31.6 Å². The minimum atomic E-state index is -0.182. The summed E-state index contributed by atoms with van der Waals surface area (Å²) in [5.74, 6) is -0.335. The molecule has 1 aliphatic heterocycles. The summed E-state index contributed by atoms with van der Waals surface area (Å²) in [4.78, 5) is 23.1. The summed E-state index contributed by atoms with van der Waals surface area (Å²) < 4.78 is 5.30. The first-order valence-corrected chi connectivity index (χ1v) is 7.10. The second kappa shape index (κ2) is 8.95. The number of halogens is 2. The fraction of sp³-hybridized carbons (Fsp3) is 0.429. The summed E-state index contributed by atoms with van der Waals surface area (Å²) in [6.45, 7) is 3.36. The van der Waals surface area contributed by atoms with E-state index in [9.17, 15) is 9.59 Å². The van der Waals surface area contributed by atoms with Gasteiger partial charge in [-0.25, -0.2) is 0 Å². The molecule has 1 heterocycles. The van der Waals surface area contributed by atoms with E-state index in [2.05, 4.69) is 16.0 Å². The Morgan fingerprint density at radius 2 is 2.18 bits per heavy atom. The van der Waals surface area contributed by atoms with Crippen molar-refractivity contribution in [2.45, 2.75) is 19.4 Å². The highest BCUT2D eigenvalue weighted by Gasteiger charge is 2.17. The molecule has 2 rings (SSSR count). The van der Waals surface area contributed by atoms with E-state index in [0.717, 1.165) is 6.54 Å². The van der Waals surface area contributed by atoms with Crippen LogP contribution in [-0.4, -0.2) is 37.6 Å². The summed E-state index contributed by atoms with van der Waals surface area (Å²) in [6, 6.07) is 4.95. The van der Waals surface area contributed by atoms with E-state index in [1.165, 1.54) is 6.92 Å². The molecule has 3 N–H and O–H groups in total. The van der Waals surface area contributed by atoms with Crippen molar-refractivity contribution in [3.8, 4) is 0 Å². The van der Waals surface area contributed by atoms with Crippen LogP contribution in [0.4, 0.5) is 11.4 Å². The van der Waals surface area contributed by atoms with Crippen LogP contribution in [-0.2, 0) is 14.3 Å². The summed E-state index contributed by atoms with van der Waals surface area (Å²) >= 11 is 6.05. The second-order valence-corrected chi connectivity index (χ2v) is 5.26. The number of morpholine rings is 1. The molecule has 0 spiro atoms. The normalized spacial score (nSPS) is 17.3. The third kappa shape index (κ3) is 5.81. The van der Waals surface area contributed by atoms with Crippen LogP contribution in [0.15, 0.2) is 18.2 Å². The van der Waals surface area contributed by atoms with Gasteiger partial charge < -0.3 is 20.7 Å². The van der Waals surface area contributed by atoms with Gasteiger partial charge in [-0.3, -0.25) is 9.59 Å². The molecule has 0 aromatic heterocycles. The van der Waals surface area contributed by atoms with Crippen LogP contribution in [0, 0.1) is 0 Å². The number of ether oxygens (including phenoxy) is 1. The molecule has 0 aliphatic carbocycles. The van der Waals surface area contributed by atoms with Gasteiger partial charge in [0.25, 0.3) is 0 Å². The lowest BCUT2D eigenvalue weighted by molar-refractivity contribution is -0.117. The van der Waals surface area contributed by atoms with Crippen LogP contribution in [0.1, 0.15) is 13.3 Å². The van der Waals surface area contributed by atoms with E-state index in [0.29, 0.717) is 36.0 Å². The Kier molecular flexibility index (Phi) is 7.61. The molecule has 1 aromatic carbocycles. The number of amides is 2. The van der Waals surface area contributed by atoms with Crippen molar-refractivity contribution in [3.05, 3.63) is 23.2 Å². The summed E-state index contributed by atoms with van der Waals surface area (Å²) in [7, 11) is 0. The van der Waals surface area contributed by atoms with Crippen molar-refractivity contribution in [1.82, 2.24) is 5.32 Å². The van der Waals surface area contributed by atoms with Gasteiger partial charge in [-0.2, -0.15) is 0 Å². The average molecular weight is 348 g/mol. The lowest BCUT2D eigenvalue weighted by atomic mass is 10.2. The van der Waals surface area contributed by atoms with Gasteiger partial charge in [0.2, 0.25) is 11.8 Å². The molecule has 0 radical (unpaired) electrons. The first kappa shape index (κ1) is 18.7. The van der Waals surface area contributed by atoms with Gasteiger partial charge in [0.1, 0.15) is 0 Å². The van der Waals surface area contributed by atoms with Crippen LogP contribution in [0.25, 0.3) is 0 Å². The fourth-order valence-electron chi connectivity index (χ4n) is 2.08. The van der Waals surface area contributed by atoms with E-state index in [1.54, 1.807) is 18.2 Å². The Morgan fingerprint density at radius 1 is 1.41 bits per heavy atom. The van der Waals surface area contributed by atoms with Crippen molar-refractivity contribution < 1.29 is 14.3 Å². The first-order valence-electron chi connectivity index (χ1n) is 6.72. The fourth-order valence-corrected chi connectivity index (χ4v) is 2.24. The van der Waals surface area contributed by atoms with Gasteiger partial charge in [-0.15, -0.1) is 12.4 Å². The van der Waals surface area contributed by atoms with E-state index < -0.39 is 0 Å². The highest BCUT2D eigenvalue weighted by atomic mass is 35.5. The third-order valence-electron chi connectivity index (χ3n) is 2.99. The van der Waals surface area contributed by atoms with E-state index in [4.69, 9.17) is 16.3 Å². The molecule has 1 unspecified atom stereocenters. The van der Waals surface area contributed by atoms with Crippen molar-refractivity contribution in [2.24, 2.45) is 0 Å². The number of carbonyl (C=O) groups is 2. The van der Waals surface area contributed by atoms with Gasteiger partial charge in [0.05, 0.1) is 23.9 Å². The van der Waals surface area contributed by atoms with Crippen molar-refractivity contribution in [1.29, 1.82) is 0 Å². The van der Waals surface area contributed by atoms with Crippen LogP contribution < -0.4 is 16.0 Å². The standard InChI is InChI=1S/C14H18ClN3O3.ClH/c1-9(19)17-10-2-3-12(15)13(6-10)18-14(20)7-11-8-21-5-4-16-11;/h2-3,6,11,16H,4-5,7-8H2,1H3,(H,17,19)(H,18,20);1H. The highest BCUT2D eigenvalue weighted by Crippen LogP contribution is 2.25. The molecule has 0 bridgehead atoms. The lowest BCUT2D eigenvalue weighted by Gasteiger charge is -2.23. The molecule has 8 heteroatoms. The van der Waals surface area contributed by atoms with Crippen LogP contribution in [0.3, 0.4) is 0 Å². The Bertz CT molecular complexity index is 534. The second-order valence-electron chi connectivity index (χ2n) is 4.85. The zero-order valence-corrected chi connectivity index (χ0v) is 13.7. The first-order chi connectivity index (χ1) is 10.0. The monoisotopic (exact) mass is 347 g/mol. The van der Waals surface area contributed by atoms with E-state index >= 15 is 0 Å². The quantitative estimate of drug-likeness (QED) is 0.778.